The first-order chi connectivity index (χ1) is 48.9. The lowest BCUT2D eigenvalue weighted by Crippen LogP contribution is -2.48. The maximum atomic E-state index is 14.1. The molecule has 9 aliphatic carbocycles. The van der Waals surface area contributed by atoms with Crippen LogP contribution in [0.1, 0.15) is 311 Å². The molecule has 0 saturated heterocycles. The number of nitriles is 1. The van der Waals surface area contributed by atoms with Gasteiger partial charge in [-0.05, 0) is 164 Å². The monoisotopic (exact) mass is 1390 g/mol. The average molecular weight is 1390 g/mol. The van der Waals surface area contributed by atoms with E-state index in [1.54, 1.807) is 12.1 Å². The van der Waals surface area contributed by atoms with Crippen molar-refractivity contribution in [1.82, 2.24) is 26.6 Å². The van der Waals surface area contributed by atoms with Crippen molar-refractivity contribution in [2.75, 3.05) is 22.5 Å². The van der Waals surface area contributed by atoms with Gasteiger partial charge in [0.05, 0.1) is 35.3 Å². The fourth-order valence-corrected chi connectivity index (χ4v) is 16.1. The highest BCUT2D eigenvalue weighted by atomic mass is 19.2. The second-order valence-corrected chi connectivity index (χ2v) is 30.1. The minimum absolute atomic E-state index is 0.0291. The highest BCUT2D eigenvalue weighted by molar-refractivity contribution is 5.96. The Bertz CT molecular complexity index is 2980. The van der Waals surface area contributed by atoms with Crippen LogP contribution in [0.3, 0.4) is 0 Å². The van der Waals surface area contributed by atoms with E-state index in [1.165, 1.54) is 218 Å². The molecule has 100 heavy (non-hydrogen) atoms. The van der Waals surface area contributed by atoms with Gasteiger partial charge in [0.25, 0.3) is 0 Å². The molecule has 0 aromatic heterocycles. The number of carbonyl (C=O) groups is 1. The number of nitrogens with zero attached hydrogens (tertiary/aromatic N) is 5. The molecule has 0 unspecified atom stereocenters. The van der Waals surface area contributed by atoms with Gasteiger partial charge in [-0.1, -0.05) is 186 Å². The molecule has 3 aromatic rings. The number of carboxylic acids is 1. The van der Waals surface area contributed by atoms with Gasteiger partial charge in [0.15, 0.2) is 47.1 Å². The SMILES string of the molecule is C1CCC(CCN=C(NC2CCCCC2)NC2CCCCC2)CC1.Fc1c(F)c(F)c(NC(=NC2CCCCC2)NC2CCCCC2)c(F)c1F.N#Cc1ccc(NC(=NC2CCCCC2)NC2CCCCC2)cc1.O=C(O)c1ccc(NC(=NC2CCCCC2)NC2CCCCC2)cc1. The van der Waals surface area contributed by atoms with Crippen LogP contribution in [0, 0.1) is 46.3 Å². The standard InChI is InChI=1S/C21H39N3.C20H28N4.C20H29N3O2.C19H24F5N3/c1-4-10-18(11-5-1)16-17-22-21(23-19-12-6-2-7-13-19)24-20-14-8-3-9-15-20;21-15-16-11-13-19(14-12-16)24-20(22-17-7-3-1-4-8-17)23-18-9-5-2-6-10-18;24-19(25)15-11-13-18(14-12-15)23-20(21-16-7-3-1-4-8-16)22-17-9-5-2-6-10-17;20-13-14(21)16(23)18(17(24)15(13)22)27-19(25-11-7-3-1-4-8-11)26-12-9-5-2-6-10-12/h18-20H,1-17H2,(H2,22,23,24);11-14,17-18H,1-10H2,(H2,22,23,24);11-14,16-17H,1-10H2,(H,24,25)(H2,21,22,23);11-12H,1-10H2,(H2,25,26,27). The lowest BCUT2D eigenvalue weighted by Gasteiger charge is -2.29. The molecule has 0 bridgehead atoms. The summed E-state index contributed by atoms with van der Waals surface area (Å²) < 4.78 is 68.4. The van der Waals surface area contributed by atoms with Crippen LogP contribution >= 0.6 is 0 Å². The minimum Gasteiger partial charge on any atom is -0.478 e. The van der Waals surface area contributed by atoms with E-state index in [4.69, 9.17) is 25.3 Å². The van der Waals surface area contributed by atoms with Crippen LogP contribution in [0.4, 0.5) is 39.0 Å². The predicted octanol–water partition coefficient (Wildman–Crippen LogP) is 19.6. The fourth-order valence-electron chi connectivity index (χ4n) is 16.1. The molecule has 9 aliphatic rings. The van der Waals surface area contributed by atoms with E-state index in [1.807, 2.05) is 36.4 Å². The zero-order valence-corrected chi connectivity index (χ0v) is 60.0. The van der Waals surface area contributed by atoms with E-state index in [0.717, 1.165) is 119 Å². The molecule has 0 spiro atoms. The zero-order valence-electron chi connectivity index (χ0n) is 60.0. The van der Waals surface area contributed by atoms with Crippen LogP contribution < -0.4 is 42.5 Å². The summed E-state index contributed by atoms with van der Waals surface area (Å²) in [5.74, 6) is -6.85. The molecule has 0 heterocycles. The molecule has 15 nitrogen and oxygen atoms in total. The summed E-state index contributed by atoms with van der Waals surface area (Å²) in [5.41, 5.74) is 1.79. The van der Waals surface area contributed by atoms with Crippen LogP contribution in [-0.2, 0) is 0 Å². The maximum Gasteiger partial charge on any atom is 0.335 e. The second-order valence-electron chi connectivity index (χ2n) is 30.1. The van der Waals surface area contributed by atoms with E-state index >= 15 is 0 Å². The van der Waals surface area contributed by atoms with Gasteiger partial charge in [-0.25, -0.2) is 41.7 Å². The molecule has 0 aliphatic heterocycles. The number of halogens is 5. The molecule has 9 saturated carbocycles. The molecule has 20 heteroatoms. The van der Waals surface area contributed by atoms with Crippen molar-refractivity contribution in [1.29, 1.82) is 5.26 Å². The molecule has 0 atom stereocenters. The average Bonchev–Trinajstić information content (AvgIpc) is 0.795. The largest absolute Gasteiger partial charge is 0.478 e. The number of rotatable bonds is 15. The Morgan fingerprint density at radius 2 is 0.650 bits per heavy atom. The normalized spacial score (nSPS) is 21.2. The summed E-state index contributed by atoms with van der Waals surface area (Å²) in [7, 11) is 0. The minimum atomic E-state index is -2.17. The Balaban J connectivity index is 0.000000156. The van der Waals surface area contributed by atoms with Crippen LogP contribution in [0.15, 0.2) is 68.5 Å². The first kappa shape index (κ1) is 77.5. The quantitative estimate of drug-likeness (QED) is 0.0230. The molecule has 552 valence electrons. The Kier molecular flexibility index (Phi) is 33.6. The fraction of sp³-hybridized carbons (Fsp3) is 0.700. The topological polar surface area (TPSA) is 207 Å². The van der Waals surface area contributed by atoms with Gasteiger partial charge in [0, 0.05) is 48.1 Å². The lowest BCUT2D eigenvalue weighted by molar-refractivity contribution is 0.0696. The van der Waals surface area contributed by atoms with Gasteiger partial charge >= 0.3 is 5.97 Å². The van der Waals surface area contributed by atoms with Crippen LogP contribution in [0.25, 0.3) is 0 Å². The molecule has 9 fully saturated rings. The summed E-state index contributed by atoms with van der Waals surface area (Å²) in [6.07, 6.45) is 57.2. The van der Waals surface area contributed by atoms with E-state index in [-0.39, 0.29) is 18.0 Å². The number of carboxylic acid groups (broad SMARTS) is 1. The smallest absolute Gasteiger partial charge is 0.335 e. The van der Waals surface area contributed by atoms with Gasteiger partial charge in [-0.2, -0.15) is 5.26 Å². The van der Waals surface area contributed by atoms with Crippen molar-refractivity contribution in [3.05, 3.63) is 88.7 Å². The summed E-state index contributed by atoms with van der Waals surface area (Å²) in [5, 5.41) is 45.1. The van der Waals surface area contributed by atoms with Crippen molar-refractivity contribution < 1.29 is 31.9 Å². The molecule has 0 radical (unpaired) electrons. The van der Waals surface area contributed by atoms with E-state index in [0.29, 0.717) is 47.4 Å². The van der Waals surface area contributed by atoms with E-state index < -0.39 is 40.7 Å². The Hall–Kier alpha value is -6.65. The second kappa shape index (κ2) is 43.3. The summed E-state index contributed by atoms with van der Waals surface area (Å²) in [6.45, 7) is 1.01. The third-order valence-corrected chi connectivity index (χ3v) is 22.0. The number of benzene rings is 3. The van der Waals surface area contributed by atoms with Gasteiger partial charge in [-0.3, -0.25) is 4.99 Å². The van der Waals surface area contributed by atoms with Crippen molar-refractivity contribution in [3.63, 3.8) is 0 Å². The Labute approximate surface area is 594 Å². The van der Waals surface area contributed by atoms with Crippen LogP contribution in [0.5, 0.6) is 0 Å². The Morgan fingerprint density at radius 3 is 0.970 bits per heavy atom. The van der Waals surface area contributed by atoms with Gasteiger partial charge < -0.3 is 47.6 Å². The first-order valence-corrected chi connectivity index (χ1v) is 39.7. The molecular formula is C80H120F5N13O2. The molecule has 3 aromatic carbocycles. The highest BCUT2D eigenvalue weighted by Gasteiger charge is 2.29. The van der Waals surface area contributed by atoms with Crippen LogP contribution in [-0.4, -0.2) is 89.8 Å². The molecule has 12 rings (SSSR count). The van der Waals surface area contributed by atoms with E-state index in [2.05, 4.69) is 53.6 Å². The summed E-state index contributed by atoms with van der Waals surface area (Å²) >= 11 is 0. The molecule has 9 N–H and O–H groups in total. The number of aromatic carboxylic acids is 1. The highest BCUT2D eigenvalue weighted by Crippen LogP contribution is 2.31. The van der Waals surface area contributed by atoms with E-state index in [9.17, 15) is 26.7 Å². The third-order valence-electron chi connectivity index (χ3n) is 22.0. The number of anilines is 3. The summed E-state index contributed by atoms with van der Waals surface area (Å²) in [4.78, 5) is 30.5. The van der Waals surface area contributed by atoms with Gasteiger partial charge in [0.1, 0.15) is 5.69 Å². The molecular weight excluding hydrogens is 1270 g/mol. The van der Waals surface area contributed by atoms with Gasteiger partial charge in [-0.15, -0.1) is 0 Å². The van der Waals surface area contributed by atoms with Crippen molar-refractivity contribution >= 4 is 46.9 Å². The number of hydrogen-bond acceptors (Lipinski definition) is 6. The predicted molar refractivity (Wildman–Crippen MR) is 398 cm³/mol. The summed E-state index contributed by atoms with van der Waals surface area (Å²) in [6, 6.07) is 19.9. The van der Waals surface area contributed by atoms with Gasteiger partial charge in [0.2, 0.25) is 5.82 Å². The Morgan fingerprint density at radius 1 is 0.370 bits per heavy atom. The number of aliphatic imine (C=N–C) groups is 4. The number of nitrogens with one attached hydrogen (secondary N) is 8. The first-order valence-electron chi connectivity index (χ1n) is 39.7. The van der Waals surface area contributed by atoms with Crippen molar-refractivity contribution in [2.24, 2.45) is 25.9 Å². The number of hydrogen-bond donors (Lipinski definition) is 9. The van der Waals surface area contributed by atoms with Crippen molar-refractivity contribution in [3.8, 4) is 6.07 Å². The van der Waals surface area contributed by atoms with Crippen molar-refractivity contribution in [2.45, 2.75) is 344 Å². The number of guanidine groups is 4. The zero-order chi connectivity index (χ0) is 69.9. The lowest BCUT2D eigenvalue weighted by atomic mass is 9.87. The molecule has 0 amide bonds. The maximum absolute atomic E-state index is 14.1. The third kappa shape index (κ3) is 27.3. The van der Waals surface area contributed by atoms with Crippen LogP contribution in [0.2, 0.25) is 0 Å².